The molecule has 0 bridgehead atoms. The molecule has 0 saturated heterocycles. The third-order valence-corrected chi connectivity index (χ3v) is 3.27. The minimum Gasteiger partial charge on any atom is -0.299 e. The summed E-state index contributed by atoms with van der Waals surface area (Å²) in [7, 11) is 0. The third kappa shape index (κ3) is 2.95. The van der Waals surface area contributed by atoms with Crippen LogP contribution in [0.3, 0.4) is 0 Å². The zero-order chi connectivity index (χ0) is 11.9. The molecule has 88 valence electrons. The summed E-state index contributed by atoms with van der Waals surface area (Å²) in [6.07, 6.45) is -3.73. The van der Waals surface area contributed by atoms with Gasteiger partial charge in [-0.05, 0) is 24.2 Å². The van der Waals surface area contributed by atoms with Crippen LogP contribution in [0.2, 0.25) is 0 Å². The van der Waals surface area contributed by atoms with E-state index in [1.54, 1.807) is 0 Å². The fraction of sp³-hybridized carbons (Fsp3) is 0.909. The highest BCUT2D eigenvalue weighted by molar-refractivity contribution is 5.82. The monoisotopic (exact) mass is 222 g/mol. The van der Waals surface area contributed by atoms with Gasteiger partial charge >= 0.3 is 6.18 Å². The van der Waals surface area contributed by atoms with Gasteiger partial charge in [-0.2, -0.15) is 13.2 Å². The number of alkyl halides is 3. The molecule has 1 rings (SSSR count). The number of hydrogen-bond donors (Lipinski definition) is 0. The van der Waals surface area contributed by atoms with Crippen LogP contribution in [-0.4, -0.2) is 12.0 Å². The van der Waals surface area contributed by atoms with Gasteiger partial charge in [0, 0.05) is 6.42 Å². The Labute approximate surface area is 88.0 Å². The molecule has 4 heteroatoms. The van der Waals surface area contributed by atoms with Crippen LogP contribution in [-0.2, 0) is 4.79 Å². The summed E-state index contributed by atoms with van der Waals surface area (Å²) >= 11 is 0. The summed E-state index contributed by atoms with van der Waals surface area (Å²) in [5, 5.41) is 0. The van der Waals surface area contributed by atoms with Gasteiger partial charge in [-0.15, -0.1) is 0 Å². The van der Waals surface area contributed by atoms with Gasteiger partial charge in [0.2, 0.25) is 0 Å². The molecular weight excluding hydrogens is 205 g/mol. The fourth-order valence-electron chi connectivity index (χ4n) is 2.13. The summed E-state index contributed by atoms with van der Waals surface area (Å²) in [6, 6.07) is 0. The Hall–Kier alpha value is -0.540. The molecule has 1 aliphatic rings. The molecule has 2 atom stereocenters. The van der Waals surface area contributed by atoms with E-state index in [1.807, 2.05) is 20.8 Å². The predicted octanol–water partition coefficient (Wildman–Crippen LogP) is 3.58. The number of rotatable bonds is 0. The van der Waals surface area contributed by atoms with Crippen LogP contribution in [0.25, 0.3) is 0 Å². The maximum atomic E-state index is 12.5. The number of carbonyl (C=O) groups excluding carboxylic acids is 1. The molecule has 1 nitrogen and oxygen atoms in total. The topological polar surface area (TPSA) is 17.1 Å². The fourth-order valence-corrected chi connectivity index (χ4v) is 2.13. The van der Waals surface area contributed by atoms with E-state index in [-0.39, 0.29) is 24.2 Å². The lowest BCUT2D eigenvalue weighted by Gasteiger charge is -2.37. The van der Waals surface area contributed by atoms with Crippen molar-refractivity contribution in [3.05, 3.63) is 0 Å². The van der Waals surface area contributed by atoms with E-state index in [0.717, 1.165) is 0 Å². The second-order valence-corrected chi connectivity index (χ2v) is 5.40. The summed E-state index contributed by atoms with van der Waals surface area (Å²) in [5.41, 5.74) is -0.149. The average molecular weight is 222 g/mol. The number of halogens is 3. The summed E-state index contributed by atoms with van der Waals surface area (Å²) in [4.78, 5) is 11.2. The minimum atomic E-state index is -4.36. The van der Waals surface area contributed by atoms with Gasteiger partial charge in [-0.1, -0.05) is 20.8 Å². The Morgan fingerprint density at radius 3 is 2.13 bits per heavy atom. The third-order valence-electron chi connectivity index (χ3n) is 3.27. The second-order valence-electron chi connectivity index (χ2n) is 5.40. The first-order chi connectivity index (χ1) is 6.62. The van der Waals surface area contributed by atoms with E-state index >= 15 is 0 Å². The van der Waals surface area contributed by atoms with E-state index in [9.17, 15) is 18.0 Å². The van der Waals surface area contributed by atoms with Gasteiger partial charge in [0.15, 0.2) is 0 Å². The van der Waals surface area contributed by atoms with Gasteiger partial charge in [-0.3, -0.25) is 4.79 Å². The molecule has 0 aromatic heterocycles. The number of Topliss-reactive ketones (excluding diaryl/α,β-unsaturated/α-hetero) is 1. The predicted molar refractivity (Wildman–Crippen MR) is 51.3 cm³/mol. The van der Waals surface area contributed by atoms with E-state index in [1.165, 1.54) is 0 Å². The zero-order valence-corrected chi connectivity index (χ0v) is 9.32. The number of ketones is 1. The van der Waals surface area contributed by atoms with Gasteiger partial charge in [0.05, 0.1) is 0 Å². The molecule has 0 radical (unpaired) electrons. The van der Waals surface area contributed by atoms with Crippen LogP contribution in [0.5, 0.6) is 0 Å². The Bertz CT molecular complexity index is 250. The molecule has 0 heterocycles. The SMILES string of the molecule is CC(C)(C)[C@H]1CCC(=O)[C@@H](C(F)(F)F)C1. The lowest BCUT2D eigenvalue weighted by Crippen LogP contribution is -2.39. The van der Waals surface area contributed by atoms with Gasteiger partial charge in [0.25, 0.3) is 0 Å². The molecule has 0 amide bonds. The lowest BCUT2D eigenvalue weighted by molar-refractivity contribution is -0.190. The Balaban J connectivity index is 2.78. The van der Waals surface area contributed by atoms with Gasteiger partial charge in [-0.25, -0.2) is 0 Å². The van der Waals surface area contributed by atoms with Crippen molar-refractivity contribution in [2.75, 3.05) is 0 Å². The Kier molecular flexibility index (Phi) is 3.17. The van der Waals surface area contributed by atoms with Crippen molar-refractivity contribution in [2.45, 2.75) is 46.2 Å². The van der Waals surface area contributed by atoms with E-state index in [2.05, 4.69) is 0 Å². The van der Waals surface area contributed by atoms with Crippen LogP contribution in [0.4, 0.5) is 13.2 Å². The maximum absolute atomic E-state index is 12.5. The average Bonchev–Trinajstić information content (AvgIpc) is 2.00. The van der Waals surface area contributed by atoms with Crippen molar-refractivity contribution in [2.24, 2.45) is 17.3 Å². The van der Waals surface area contributed by atoms with E-state index in [4.69, 9.17) is 0 Å². The minimum absolute atomic E-state index is 0.0122. The van der Waals surface area contributed by atoms with Crippen LogP contribution < -0.4 is 0 Å². The molecular formula is C11H17F3O. The van der Waals surface area contributed by atoms with Crippen molar-refractivity contribution >= 4 is 5.78 Å². The van der Waals surface area contributed by atoms with E-state index < -0.39 is 17.9 Å². The van der Waals surface area contributed by atoms with Crippen molar-refractivity contribution in [1.29, 1.82) is 0 Å². The van der Waals surface area contributed by atoms with Crippen LogP contribution in [0, 0.1) is 17.3 Å². The van der Waals surface area contributed by atoms with Crippen molar-refractivity contribution in [3.63, 3.8) is 0 Å². The largest absolute Gasteiger partial charge is 0.398 e. The highest BCUT2D eigenvalue weighted by Crippen LogP contribution is 2.44. The van der Waals surface area contributed by atoms with Crippen LogP contribution in [0.1, 0.15) is 40.0 Å². The summed E-state index contributed by atoms with van der Waals surface area (Å²) in [5.74, 6) is -2.37. The highest BCUT2D eigenvalue weighted by atomic mass is 19.4. The highest BCUT2D eigenvalue weighted by Gasteiger charge is 2.48. The number of hydrogen-bond acceptors (Lipinski definition) is 1. The molecule has 15 heavy (non-hydrogen) atoms. The molecule has 0 aromatic rings. The number of carbonyl (C=O) groups is 1. The standard InChI is InChI=1S/C11H17F3O/c1-10(2,3)7-4-5-9(15)8(6-7)11(12,13)14/h7-8H,4-6H2,1-3H3/t7-,8-/m0/s1. The van der Waals surface area contributed by atoms with Crippen molar-refractivity contribution in [3.8, 4) is 0 Å². The zero-order valence-electron chi connectivity index (χ0n) is 9.32. The van der Waals surface area contributed by atoms with Crippen LogP contribution >= 0.6 is 0 Å². The van der Waals surface area contributed by atoms with Crippen LogP contribution in [0.15, 0.2) is 0 Å². The molecule has 1 saturated carbocycles. The molecule has 0 N–H and O–H groups in total. The summed E-state index contributed by atoms with van der Waals surface area (Å²) in [6.45, 7) is 5.79. The second kappa shape index (κ2) is 3.80. The normalized spacial score (nSPS) is 29.3. The lowest BCUT2D eigenvalue weighted by atomic mass is 9.68. The summed E-state index contributed by atoms with van der Waals surface area (Å²) < 4.78 is 37.6. The van der Waals surface area contributed by atoms with Gasteiger partial charge < -0.3 is 0 Å². The molecule has 1 aliphatic carbocycles. The first kappa shape index (κ1) is 12.5. The van der Waals surface area contributed by atoms with Crippen molar-refractivity contribution in [1.82, 2.24) is 0 Å². The van der Waals surface area contributed by atoms with Gasteiger partial charge in [0.1, 0.15) is 11.7 Å². The van der Waals surface area contributed by atoms with E-state index in [0.29, 0.717) is 6.42 Å². The first-order valence-corrected chi connectivity index (χ1v) is 5.22. The first-order valence-electron chi connectivity index (χ1n) is 5.22. The Morgan fingerprint density at radius 1 is 1.20 bits per heavy atom. The maximum Gasteiger partial charge on any atom is 0.398 e. The molecule has 1 fully saturated rings. The molecule has 0 aromatic carbocycles. The Morgan fingerprint density at radius 2 is 1.73 bits per heavy atom. The smallest absolute Gasteiger partial charge is 0.299 e. The molecule has 0 spiro atoms. The quantitative estimate of drug-likeness (QED) is 0.612. The van der Waals surface area contributed by atoms with Crippen molar-refractivity contribution < 1.29 is 18.0 Å². The molecule has 0 aliphatic heterocycles. The molecule has 0 unspecified atom stereocenters.